The lowest BCUT2D eigenvalue weighted by Crippen LogP contribution is -2.02. The summed E-state index contributed by atoms with van der Waals surface area (Å²) in [5, 5.41) is 38.2. The Bertz CT molecular complexity index is 1820. The zero-order valence-electron chi connectivity index (χ0n) is 28.2. The van der Waals surface area contributed by atoms with E-state index in [2.05, 4.69) is 37.3 Å². The molecule has 0 aliphatic heterocycles. The number of allylic oxidation sites excluding steroid dienone is 20. The number of aliphatic carboxylic acids is 4. The topological polar surface area (TPSA) is 149 Å². The first kappa shape index (κ1) is 34.6. The van der Waals surface area contributed by atoms with Crippen molar-refractivity contribution < 1.29 is 39.6 Å². The number of rotatable bonds is 12. The molecule has 0 aromatic rings. The van der Waals surface area contributed by atoms with Crippen LogP contribution in [0.25, 0.3) is 0 Å². The predicted molar refractivity (Wildman–Crippen MR) is 183 cm³/mol. The highest BCUT2D eigenvalue weighted by Gasteiger charge is 2.31. The molecule has 8 bridgehead atoms. The van der Waals surface area contributed by atoms with Crippen LogP contribution in [-0.4, -0.2) is 44.3 Å². The number of carboxylic acid groups (broad SMARTS) is 4. The van der Waals surface area contributed by atoms with Crippen molar-refractivity contribution in [2.45, 2.75) is 98.3 Å². The SMILES string of the molecule is CC1=C2/C=C3C=C(/C=C4\C/C(=C\C5=CC(CC(=C1CCC(=O)O)C2)C(C)=C5CCC(=O)O)C(C)=C4CCC(=O)O)C(C)=C\3CCC(=O)O. The van der Waals surface area contributed by atoms with E-state index in [9.17, 15) is 39.6 Å². The maximum absolute atomic E-state index is 11.7. The second-order valence-electron chi connectivity index (χ2n) is 13.5. The van der Waals surface area contributed by atoms with Crippen molar-refractivity contribution in [1.29, 1.82) is 0 Å². The predicted octanol–water partition coefficient (Wildman–Crippen LogP) is 8.49. The molecule has 0 aromatic heterocycles. The first-order valence-electron chi connectivity index (χ1n) is 16.7. The van der Waals surface area contributed by atoms with Crippen LogP contribution >= 0.6 is 0 Å². The summed E-state index contributed by atoms with van der Waals surface area (Å²) in [5.74, 6) is -3.42. The van der Waals surface area contributed by atoms with Gasteiger partial charge in [-0.15, -0.1) is 0 Å². The molecule has 0 saturated carbocycles. The van der Waals surface area contributed by atoms with Crippen LogP contribution in [0.1, 0.15) is 98.3 Å². The van der Waals surface area contributed by atoms with E-state index in [1.165, 1.54) is 5.57 Å². The number of hydrogen-bond donors (Lipinski definition) is 4. The van der Waals surface area contributed by atoms with Crippen molar-refractivity contribution in [2.24, 2.45) is 5.92 Å². The van der Waals surface area contributed by atoms with E-state index in [0.29, 0.717) is 44.9 Å². The Hall–Kier alpha value is -4.72. The molecule has 0 spiro atoms. The Balaban J connectivity index is 1.71. The van der Waals surface area contributed by atoms with Gasteiger partial charge in [0, 0.05) is 31.6 Å². The quantitative estimate of drug-likeness (QED) is 0.164. The van der Waals surface area contributed by atoms with E-state index in [1.807, 2.05) is 20.8 Å². The summed E-state index contributed by atoms with van der Waals surface area (Å²) in [6, 6.07) is 0. The molecule has 4 N–H and O–H groups in total. The minimum atomic E-state index is -0.869. The van der Waals surface area contributed by atoms with Crippen LogP contribution in [0.15, 0.2) is 114 Å². The summed E-state index contributed by atoms with van der Waals surface area (Å²) in [6.07, 6.45) is 14.3. The third kappa shape index (κ3) is 7.38. The molecule has 0 heterocycles. The summed E-state index contributed by atoms with van der Waals surface area (Å²) in [7, 11) is 0. The van der Waals surface area contributed by atoms with Crippen molar-refractivity contribution in [3.63, 3.8) is 0 Å². The Morgan fingerprint density at radius 1 is 0.562 bits per heavy atom. The van der Waals surface area contributed by atoms with E-state index in [-0.39, 0.29) is 31.6 Å². The van der Waals surface area contributed by atoms with Crippen molar-refractivity contribution in [3.05, 3.63) is 114 Å². The van der Waals surface area contributed by atoms with Crippen LogP contribution in [0.4, 0.5) is 0 Å². The maximum atomic E-state index is 11.7. The molecule has 5 aliphatic carbocycles. The van der Waals surface area contributed by atoms with Gasteiger partial charge < -0.3 is 20.4 Å². The Labute approximate surface area is 281 Å². The monoisotopic (exact) mass is 652 g/mol. The summed E-state index contributed by atoms with van der Waals surface area (Å²) >= 11 is 0. The second kappa shape index (κ2) is 14.2. The fourth-order valence-electron chi connectivity index (χ4n) is 7.87. The zero-order chi connectivity index (χ0) is 34.9. The van der Waals surface area contributed by atoms with Crippen LogP contribution < -0.4 is 0 Å². The van der Waals surface area contributed by atoms with E-state index in [0.717, 1.165) is 78.0 Å². The zero-order valence-corrected chi connectivity index (χ0v) is 28.2. The number of fused-ring (bicyclic) bond motifs is 6. The van der Waals surface area contributed by atoms with Crippen LogP contribution in [0.2, 0.25) is 0 Å². The van der Waals surface area contributed by atoms with Crippen molar-refractivity contribution in [2.75, 3.05) is 0 Å². The fraction of sp³-hybridized carbons (Fsp3) is 0.400. The molecule has 48 heavy (non-hydrogen) atoms. The molecule has 8 nitrogen and oxygen atoms in total. The molecular weight excluding hydrogens is 608 g/mol. The van der Waals surface area contributed by atoms with Gasteiger partial charge in [-0.25, -0.2) is 0 Å². The van der Waals surface area contributed by atoms with Crippen LogP contribution in [0.3, 0.4) is 0 Å². The van der Waals surface area contributed by atoms with Gasteiger partial charge in [-0.1, -0.05) is 35.5 Å². The Kier molecular flexibility index (Phi) is 10.2. The summed E-state index contributed by atoms with van der Waals surface area (Å²) in [6.45, 7) is 8.16. The van der Waals surface area contributed by atoms with Crippen LogP contribution in [-0.2, 0) is 19.2 Å². The fourth-order valence-corrected chi connectivity index (χ4v) is 7.87. The van der Waals surface area contributed by atoms with Crippen molar-refractivity contribution in [3.8, 4) is 0 Å². The van der Waals surface area contributed by atoms with Gasteiger partial charge >= 0.3 is 23.9 Å². The highest BCUT2D eigenvalue weighted by atomic mass is 16.4. The molecule has 0 aromatic carbocycles. The number of carboxylic acids is 4. The molecule has 5 aliphatic rings. The molecule has 1 atom stereocenters. The molecule has 0 fully saturated rings. The Morgan fingerprint density at radius 2 is 1.10 bits per heavy atom. The van der Waals surface area contributed by atoms with Gasteiger partial charge in [-0.2, -0.15) is 0 Å². The summed E-state index contributed by atoms with van der Waals surface area (Å²) in [4.78, 5) is 46.6. The van der Waals surface area contributed by atoms with E-state index < -0.39 is 23.9 Å². The largest absolute Gasteiger partial charge is 0.481 e. The third-order valence-electron chi connectivity index (χ3n) is 10.6. The van der Waals surface area contributed by atoms with Gasteiger partial charge in [0.1, 0.15) is 0 Å². The number of carbonyl (C=O) groups is 4. The molecule has 5 rings (SSSR count). The van der Waals surface area contributed by atoms with Crippen molar-refractivity contribution in [1.82, 2.24) is 0 Å². The van der Waals surface area contributed by atoms with Gasteiger partial charge in [0.05, 0.1) is 0 Å². The lowest BCUT2D eigenvalue weighted by Gasteiger charge is -2.15. The standard InChI is InChI=1S/C40H44O8/c1-21-25-13-29(33(21)5-9-37(41)42)18-26-15-31(35(22(26)2)7-11-39(45)46)20-28-16-32(36(24(28)4)8-12-40(47)48)19-27-14-30(17-25)34(23(27)3)6-10-38(43)44/h13,16-19,28H,5-12,14-15,20H2,1-4H3,(H,41,42)(H,43,44)(H,45,46)(H,47,48)/b27-19+,29-18+,30-17+. The van der Waals surface area contributed by atoms with E-state index >= 15 is 0 Å². The molecule has 0 radical (unpaired) electrons. The highest BCUT2D eigenvalue weighted by Crippen LogP contribution is 2.48. The first-order chi connectivity index (χ1) is 22.7. The molecule has 0 amide bonds. The first-order valence-corrected chi connectivity index (χ1v) is 16.7. The molecule has 1 unspecified atom stereocenters. The summed E-state index contributed by atoms with van der Waals surface area (Å²) < 4.78 is 0. The Morgan fingerprint density at radius 3 is 1.71 bits per heavy atom. The van der Waals surface area contributed by atoms with Crippen LogP contribution in [0.5, 0.6) is 0 Å². The smallest absolute Gasteiger partial charge is 0.303 e. The van der Waals surface area contributed by atoms with Gasteiger partial charge in [-0.05, 0) is 151 Å². The maximum Gasteiger partial charge on any atom is 0.303 e. The van der Waals surface area contributed by atoms with E-state index in [1.54, 1.807) is 0 Å². The van der Waals surface area contributed by atoms with Crippen LogP contribution in [0, 0.1) is 5.92 Å². The van der Waals surface area contributed by atoms with Gasteiger partial charge in [-0.3, -0.25) is 19.2 Å². The van der Waals surface area contributed by atoms with Crippen molar-refractivity contribution >= 4 is 23.9 Å². The molecule has 0 saturated heterocycles. The van der Waals surface area contributed by atoms with Gasteiger partial charge in [0.2, 0.25) is 0 Å². The third-order valence-corrected chi connectivity index (χ3v) is 10.6. The molecule has 8 heteroatoms. The lowest BCUT2D eigenvalue weighted by molar-refractivity contribution is -0.138. The average Bonchev–Trinajstić information content (AvgIpc) is 3.66. The number of hydrogen-bond acceptors (Lipinski definition) is 4. The van der Waals surface area contributed by atoms with Gasteiger partial charge in [0.25, 0.3) is 0 Å². The minimum absolute atomic E-state index is 0.000570. The molecular formula is C40H44O8. The lowest BCUT2D eigenvalue weighted by atomic mass is 9.89. The summed E-state index contributed by atoms with van der Waals surface area (Å²) in [5.41, 5.74) is 15.6. The highest BCUT2D eigenvalue weighted by molar-refractivity contribution is 5.73. The van der Waals surface area contributed by atoms with E-state index in [4.69, 9.17) is 0 Å². The molecule has 252 valence electrons. The normalized spacial score (nSPS) is 24.0. The average molecular weight is 653 g/mol. The second-order valence-corrected chi connectivity index (χ2v) is 13.5. The van der Waals surface area contributed by atoms with Gasteiger partial charge in [0.15, 0.2) is 0 Å². The minimum Gasteiger partial charge on any atom is -0.481 e.